The lowest BCUT2D eigenvalue weighted by Crippen LogP contribution is -2.25. The Morgan fingerprint density at radius 2 is 2.12 bits per heavy atom. The number of carboxylic acids is 1. The molecule has 0 saturated carbocycles. The fraction of sp³-hybridized carbons (Fsp3) is 0.444. The summed E-state index contributed by atoms with van der Waals surface area (Å²) in [6, 6.07) is 5.59. The maximum Gasteiger partial charge on any atom is 0.347 e. The topological polar surface area (TPSA) is 71.9 Å². The summed E-state index contributed by atoms with van der Waals surface area (Å²) in [5.74, 6) is 0.291. The number of benzene rings is 1. The first kappa shape index (κ1) is 17.7. The molecule has 2 heterocycles. The molecule has 0 bridgehead atoms. The highest BCUT2D eigenvalue weighted by Crippen LogP contribution is 2.40. The molecule has 0 unspecified atom stereocenters. The molecule has 134 valence electrons. The second-order valence-corrected chi connectivity index (χ2v) is 6.97. The number of rotatable bonds is 7. The summed E-state index contributed by atoms with van der Waals surface area (Å²) < 4.78 is 11.5. The zero-order chi connectivity index (χ0) is 17.8. The monoisotopic (exact) mass is 362 g/mol. The van der Waals surface area contributed by atoms with Crippen LogP contribution in [0.3, 0.4) is 0 Å². The van der Waals surface area contributed by atoms with Gasteiger partial charge in [0.2, 0.25) is 0 Å². The van der Waals surface area contributed by atoms with E-state index in [2.05, 4.69) is 9.88 Å². The molecule has 0 radical (unpaired) electrons. The van der Waals surface area contributed by atoms with E-state index in [1.165, 1.54) is 12.8 Å². The van der Waals surface area contributed by atoms with Crippen LogP contribution in [0.25, 0.3) is 10.6 Å². The molecule has 0 spiro atoms. The summed E-state index contributed by atoms with van der Waals surface area (Å²) in [4.78, 5) is 18.3. The highest BCUT2D eigenvalue weighted by molar-refractivity contribution is 7.17. The standard InChI is InChI=1S/C18H22N2O4S/c1-12-16(18(21)22)25-17(19-12)13-6-5-7-14(23-2)15(13)24-11-10-20-8-3-4-9-20/h5-7H,3-4,8-11H2,1-2H3,(H,21,22). The quantitative estimate of drug-likeness (QED) is 0.815. The third kappa shape index (κ3) is 3.93. The van der Waals surface area contributed by atoms with Gasteiger partial charge < -0.3 is 14.6 Å². The van der Waals surface area contributed by atoms with E-state index in [0.29, 0.717) is 28.8 Å². The van der Waals surface area contributed by atoms with Gasteiger partial charge in [0.1, 0.15) is 16.5 Å². The van der Waals surface area contributed by atoms with Crippen molar-refractivity contribution in [3.05, 3.63) is 28.8 Å². The number of methoxy groups -OCH3 is 1. The molecule has 0 aliphatic carbocycles. The van der Waals surface area contributed by atoms with Crippen LogP contribution in [0.4, 0.5) is 0 Å². The normalized spacial score (nSPS) is 14.6. The van der Waals surface area contributed by atoms with Crippen molar-refractivity contribution in [2.24, 2.45) is 0 Å². The smallest absolute Gasteiger partial charge is 0.347 e. The third-order valence-electron chi connectivity index (χ3n) is 4.27. The highest BCUT2D eigenvalue weighted by atomic mass is 32.1. The maximum absolute atomic E-state index is 11.3. The van der Waals surface area contributed by atoms with Crippen LogP contribution in [0.1, 0.15) is 28.2 Å². The molecule has 1 N–H and O–H groups in total. The summed E-state index contributed by atoms with van der Waals surface area (Å²) in [5, 5.41) is 9.90. The molecule has 1 aliphatic heterocycles. The van der Waals surface area contributed by atoms with Crippen molar-refractivity contribution in [1.82, 2.24) is 9.88 Å². The molecule has 1 aromatic heterocycles. The van der Waals surface area contributed by atoms with Gasteiger partial charge in [0.05, 0.1) is 18.4 Å². The van der Waals surface area contributed by atoms with E-state index in [9.17, 15) is 9.90 Å². The van der Waals surface area contributed by atoms with Crippen LogP contribution in [0, 0.1) is 6.92 Å². The molecule has 1 aliphatic rings. The van der Waals surface area contributed by atoms with E-state index in [0.717, 1.165) is 36.5 Å². The van der Waals surface area contributed by atoms with E-state index >= 15 is 0 Å². The molecule has 25 heavy (non-hydrogen) atoms. The third-order valence-corrected chi connectivity index (χ3v) is 5.45. The van der Waals surface area contributed by atoms with Crippen molar-refractivity contribution in [3.8, 4) is 22.1 Å². The molecule has 0 amide bonds. The fourth-order valence-corrected chi connectivity index (χ4v) is 3.91. The van der Waals surface area contributed by atoms with Crippen molar-refractivity contribution in [2.45, 2.75) is 19.8 Å². The van der Waals surface area contributed by atoms with Gasteiger partial charge in [-0.2, -0.15) is 0 Å². The first-order valence-electron chi connectivity index (χ1n) is 8.33. The fourth-order valence-electron chi connectivity index (χ4n) is 2.99. The molecule has 1 fully saturated rings. The minimum absolute atomic E-state index is 0.251. The van der Waals surface area contributed by atoms with Crippen LogP contribution in [0.5, 0.6) is 11.5 Å². The number of aromatic nitrogens is 1. The van der Waals surface area contributed by atoms with Gasteiger partial charge in [0, 0.05) is 6.54 Å². The first-order valence-corrected chi connectivity index (χ1v) is 9.15. The van der Waals surface area contributed by atoms with Crippen LogP contribution in [0.15, 0.2) is 18.2 Å². The zero-order valence-corrected chi connectivity index (χ0v) is 15.3. The second kappa shape index (κ2) is 7.84. The molecule has 6 nitrogen and oxygen atoms in total. The predicted octanol–water partition coefficient (Wildman–Crippen LogP) is 3.30. The molecule has 3 rings (SSSR count). The summed E-state index contributed by atoms with van der Waals surface area (Å²) in [5.41, 5.74) is 1.28. The van der Waals surface area contributed by atoms with Gasteiger partial charge in [-0.1, -0.05) is 6.07 Å². The van der Waals surface area contributed by atoms with Gasteiger partial charge in [0.15, 0.2) is 11.5 Å². The molecular weight excluding hydrogens is 340 g/mol. The van der Waals surface area contributed by atoms with E-state index in [-0.39, 0.29) is 4.88 Å². The van der Waals surface area contributed by atoms with Crippen molar-refractivity contribution < 1.29 is 19.4 Å². The average Bonchev–Trinajstić information content (AvgIpc) is 3.24. The van der Waals surface area contributed by atoms with E-state index in [1.807, 2.05) is 18.2 Å². The Morgan fingerprint density at radius 1 is 1.36 bits per heavy atom. The lowest BCUT2D eigenvalue weighted by atomic mass is 10.2. The van der Waals surface area contributed by atoms with Crippen molar-refractivity contribution in [3.63, 3.8) is 0 Å². The van der Waals surface area contributed by atoms with Crippen LogP contribution < -0.4 is 9.47 Å². The molecule has 0 atom stereocenters. The van der Waals surface area contributed by atoms with Crippen molar-refractivity contribution in [2.75, 3.05) is 33.4 Å². The number of aryl methyl sites for hydroxylation is 1. The van der Waals surface area contributed by atoms with E-state index < -0.39 is 5.97 Å². The number of nitrogens with zero attached hydrogens (tertiary/aromatic N) is 2. The summed E-state index contributed by atoms with van der Waals surface area (Å²) >= 11 is 1.16. The number of hydrogen-bond donors (Lipinski definition) is 1. The summed E-state index contributed by atoms with van der Waals surface area (Å²) in [6.07, 6.45) is 2.49. The van der Waals surface area contributed by atoms with E-state index in [1.54, 1.807) is 14.0 Å². The second-order valence-electron chi connectivity index (χ2n) is 5.97. The van der Waals surface area contributed by atoms with Crippen molar-refractivity contribution in [1.29, 1.82) is 0 Å². The van der Waals surface area contributed by atoms with Gasteiger partial charge in [-0.25, -0.2) is 9.78 Å². The molecular formula is C18H22N2O4S. The number of para-hydroxylation sites is 1. The lowest BCUT2D eigenvalue weighted by molar-refractivity contribution is 0.0701. The van der Waals surface area contributed by atoms with Gasteiger partial charge >= 0.3 is 5.97 Å². The minimum atomic E-state index is -0.958. The van der Waals surface area contributed by atoms with Gasteiger partial charge in [-0.3, -0.25) is 4.90 Å². The van der Waals surface area contributed by atoms with Crippen LogP contribution in [-0.2, 0) is 0 Å². The van der Waals surface area contributed by atoms with Crippen molar-refractivity contribution >= 4 is 17.3 Å². The Bertz CT molecular complexity index is 754. The number of thiazole rings is 1. The Hall–Kier alpha value is -2.12. The molecule has 2 aromatic rings. The number of ether oxygens (including phenoxy) is 2. The number of carboxylic acid groups (broad SMARTS) is 1. The maximum atomic E-state index is 11.3. The largest absolute Gasteiger partial charge is 0.493 e. The van der Waals surface area contributed by atoms with E-state index in [4.69, 9.17) is 9.47 Å². The Labute approximate surface area is 151 Å². The average molecular weight is 362 g/mol. The zero-order valence-electron chi connectivity index (χ0n) is 14.4. The summed E-state index contributed by atoms with van der Waals surface area (Å²) in [7, 11) is 1.60. The molecule has 1 aromatic carbocycles. The Morgan fingerprint density at radius 3 is 2.76 bits per heavy atom. The first-order chi connectivity index (χ1) is 12.1. The Kier molecular flexibility index (Phi) is 5.55. The van der Waals surface area contributed by atoms with Crippen LogP contribution >= 0.6 is 11.3 Å². The molecule has 1 saturated heterocycles. The number of hydrogen-bond acceptors (Lipinski definition) is 6. The number of aromatic carboxylic acids is 1. The summed E-state index contributed by atoms with van der Waals surface area (Å²) in [6.45, 7) is 5.38. The number of likely N-dealkylation sites (tertiary alicyclic amines) is 1. The Balaban J connectivity index is 1.85. The lowest BCUT2D eigenvalue weighted by Gasteiger charge is -2.17. The molecule has 7 heteroatoms. The number of carbonyl (C=O) groups is 1. The van der Waals surface area contributed by atoms with Gasteiger partial charge in [-0.15, -0.1) is 11.3 Å². The van der Waals surface area contributed by atoms with Crippen LogP contribution in [-0.4, -0.2) is 54.3 Å². The van der Waals surface area contributed by atoms with Crippen LogP contribution in [0.2, 0.25) is 0 Å². The minimum Gasteiger partial charge on any atom is -0.493 e. The van der Waals surface area contributed by atoms with Gasteiger partial charge in [-0.05, 0) is 45.0 Å². The predicted molar refractivity (Wildman–Crippen MR) is 97.0 cm³/mol. The van der Waals surface area contributed by atoms with Gasteiger partial charge in [0.25, 0.3) is 0 Å². The highest BCUT2D eigenvalue weighted by Gasteiger charge is 2.20. The SMILES string of the molecule is COc1cccc(-c2nc(C)c(C(=O)O)s2)c1OCCN1CCCC1.